The molecule has 2 nitrogen and oxygen atoms in total. The Morgan fingerprint density at radius 1 is 1.28 bits per heavy atom. The first-order chi connectivity index (χ1) is 8.54. The Labute approximate surface area is 115 Å². The van der Waals surface area contributed by atoms with Crippen LogP contribution in [-0.2, 0) is 10.2 Å². The monoisotopic (exact) mass is 267 g/mol. The van der Waals surface area contributed by atoms with Crippen molar-refractivity contribution in [2.45, 2.75) is 32.6 Å². The molecule has 0 atom stereocenters. The highest BCUT2D eigenvalue weighted by molar-refractivity contribution is 6.33. The summed E-state index contributed by atoms with van der Waals surface area (Å²) in [5.74, 6) is 0. The molecule has 0 unspecified atom stereocenters. The van der Waals surface area contributed by atoms with E-state index in [1.165, 1.54) is 5.56 Å². The van der Waals surface area contributed by atoms with Crippen LogP contribution in [0.2, 0.25) is 5.02 Å². The highest BCUT2D eigenvalue weighted by Crippen LogP contribution is 2.33. The maximum absolute atomic E-state index is 6.44. The summed E-state index contributed by atoms with van der Waals surface area (Å²) < 4.78 is 5.37. The second kappa shape index (κ2) is 5.50. The summed E-state index contributed by atoms with van der Waals surface area (Å²) in [6.45, 7) is 10.2. The Hall–Kier alpha value is -0.730. The van der Waals surface area contributed by atoms with Gasteiger partial charge in [-0.3, -0.25) is 0 Å². The summed E-state index contributed by atoms with van der Waals surface area (Å²) in [7, 11) is 0. The van der Waals surface area contributed by atoms with Crippen LogP contribution in [0.4, 0.5) is 5.69 Å². The van der Waals surface area contributed by atoms with Crippen LogP contribution < -0.4 is 4.90 Å². The third-order valence-corrected chi connectivity index (χ3v) is 4.27. The highest BCUT2D eigenvalue weighted by atomic mass is 35.5. The third kappa shape index (κ3) is 2.81. The van der Waals surface area contributed by atoms with Crippen molar-refractivity contribution >= 4 is 17.3 Å². The molecule has 0 radical (unpaired) electrons. The lowest BCUT2D eigenvalue weighted by atomic mass is 9.82. The molecule has 1 aromatic rings. The normalized spacial score (nSPS) is 17.0. The zero-order valence-corrected chi connectivity index (χ0v) is 12.3. The average molecular weight is 268 g/mol. The summed E-state index contributed by atoms with van der Waals surface area (Å²) >= 11 is 6.44. The van der Waals surface area contributed by atoms with Crippen molar-refractivity contribution in [3.63, 3.8) is 0 Å². The maximum Gasteiger partial charge on any atom is 0.0642 e. The number of morpholine rings is 1. The number of anilines is 1. The number of rotatable bonds is 3. The number of halogens is 1. The van der Waals surface area contributed by atoms with Gasteiger partial charge in [-0.1, -0.05) is 38.4 Å². The molecular formula is C15H22ClNO. The van der Waals surface area contributed by atoms with Gasteiger partial charge in [-0.25, -0.2) is 0 Å². The third-order valence-electron chi connectivity index (χ3n) is 3.96. The lowest BCUT2D eigenvalue weighted by Crippen LogP contribution is -2.36. The van der Waals surface area contributed by atoms with E-state index in [2.05, 4.69) is 43.9 Å². The Bertz CT molecular complexity index is 411. The molecule has 1 fully saturated rings. The summed E-state index contributed by atoms with van der Waals surface area (Å²) in [5.41, 5.74) is 2.63. The summed E-state index contributed by atoms with van der Waals surface area (Å²) in [5, 5.41) is 0.857. The Morgan fingerprint density at radius 2 is 1.94 bits per heavy atom. The second-order valence-electron chi connectivity index (χ2n) is 5.50. The van der Waals surface area contributed by atoms with Crippen molar-refractivity contribution in [1.82, 2.24) is 0 Å². The van der Waals surface area contributed by atoms with E-state index in [9.17, 15) is 0 Å². The van der Waals surface area contributed by atoms with Crippen molar-refractivity contribution in [1.29, 1.82) is 0 Å². The van der Waals surface area contributed by atoms with Gasteiger partial charge in [-0.2, -0.15) is 0 Å². The van der Waals surface area contributed by atoms with E-state index < -0.39 is 0 Å². The van der Waals surface area contributed by atoms with E-state index in [1.54, 1.807) is 0 Å². The zero-order valence-electron chi connectivity index (χ0n) is 11.5. The first-order valence-electron chi connectivity index (χ1n) is 6.67. The number of benzene rings is 1. The van der Waals surface area contributed by atoms with E-state index in [1.807, 2.05) is 0 Å². The van der Waals surface area contributed by atoms with Crippen molar-refractivity contribution in [3.8, 4) is 0 Å². The lowest BCUT2D eigenvalue weighted by molar-refractivity contribution is 0.122. The van der Waals surface area contributed by atoms with E-state index in [4.69, 9.17) is 16.3 Å². The molecule has 3 heteroatoms. The minimum Gasteiger partial charge on any atom is -0.378 e. The summed E-state index contributed by atoms with van der Waals surface area (Å²) in [6.07, 6.45) is 1.11. The van der Waals surface area contributed by atoms with Gasteiger partial charge in [0.25, 0.3) is 0 Å². The van der Waals surface area contributed by atoms with E-state index in [0.29, 0.717) is 0 Å². The van der Waals surface area contributed by atoms with Crippen molar-refractivity contribution in [2.75, 3.05) is 31.2 Å². The van der Waals surface area contributed by atoms with Gasteiger partial charge >= 0.3 is 0 Å². The van der Waals surface area contributed by atoms with E-state index >= 15 is 0 Å². The molecule has 1 aliphatic rings. The molecule has 100 valence electrons. The Kier molecular flexibility index (Phi) is 4.18. The van der Waals surface area contributed by atoms with Crippen LogP contribution >= 0.6 is 11.6 Å². The predicted molar refractivity (Wildman–Crippen MR) is 77.8 cm³/mol. The standard InChI is InChI=1S/C15H22ClNO/c1-4-15(2,3)12-5-6-14(13(16)11-12)17-7-9-18-10-8-17/h5-6,11H,4,7-10H2,1-3H3. The quantitative estimate of drug-likeness (QED) is 0.824. The van der Waals surface area contributed by atoms with Crippen LogP contribution in [0.15, 0.2) is 18.2 Å². The fourth-order valence-corrected chi connectivity index (χ4v) is 2.49. The summed E-state index contributed by atoms with van der Waals surface area (Å²) in [4.78, 5) is 2.30. The van der Waals surface area contributed by atoms with Crippen LogP contribution in [0, 0.1) is 0 Å². The smallest absolute Gasteiger partial charge is 0.0642 e. The molecule has 0 aliphatic carbocycles. The largest absolute Gasteiger partial charge is 0.378 e. The predicted octanol–water partition coefficient (Wildman–Crippen LogP) is 3.86. The van der Waals surface area contributed by atoms with Crippen molar-refractivity contribution < 1.29 is 4.74 Å². The Morgan fingerprint density at radius 3 is 2.50 bits per heavy atom. The van der Waals surface area contributed by atoms with E-state index in [0.717, 1.165) is 43.4 Å². The molecular weight excluding hydrogens is 246 g/mol. The molecule has 0 aromatic heterocycles. The molecule has 0 saturated carbocycles. The lowest BCUT2D eigenvalue weighted by Gasteiger charge is -2.31. The maximum atomic E-state index is 6.44. The molecule has 18 heavy (non-hydrogen) atoms. The van der Waals surface area contributed by atoms with Gasteiger partial charge in [0.15, 0.2) is 0 Å². The first-order valence-corrected chi connectivity index (χ1v) is 7.05. The number of nitrogens with zero attached hydrogens (tertiary/aromatic N) is 1. The van der Waals surface area contributed by atoms with Crippen LogP contribution in [0.25, 0.3) is 0 Å². The number of hydrogen-bond acceptors (Lipinski definition) is 2. The average Bonchev–Trinajstić information content (AvgIpc) is 2.39. The molecule has 1 aliphatic heterocycles. The topological polar surface area (TPSA) is 12.5 Å². The SMILES string of the molecule is CCC(C)(C)c1ccc(N2CCOCC2)c(Cl)c1. The first kappa shape index (κ1) is 13.7. The van der Waals surface area contributed by atoms with Gasteiger partial charge in [-0.05, 0) is 29.5 Å². The molecule has 1 aromatic carbocycles. The fraction of sp³-hybridized carbons (Fsp3) is 0.600. The Balaban J connectivity index is 2.24. The van der Waals surface area contributed by atoms with Gasteiger partial charge in [0, 0.05) is 13.1 Å². The summed E-state index contributed by atoms with van der Waals surface area (Å²) in [6, 6.07) is 6.48. The van der Waals surface area contributed by atoms with Crippen molar-refractivity contribution in [2.24, 2.45) is 0 Å². The molecule has 0 amide bonds. The van der Waals surface area contributed by atoms with Crippen molar-refractivity contribution in [3.05, 3.63) is 28.8 Å². The molecule has 0 bridgehead atoms. The van der Waals surface area contributed by atoms with Gasteiger partial charge in [0.2, 0.25) is 0 Å². The number of hydrogen-bond donors (Lipinski definition) is 0. The van der Waals surface area contributed by atoms with E-state index in [-0.39, 0.29) is 5.41 Å². The van der Waals surface area contributed by atoms with Crippen LogP contribution in [-0.4, -0.2) is 26.3 Å². The number of ether oxygens (including phenoxy) is 1. The molecule has 1 saturated heterocycles. The minimum absolute atomic E-state index is 0.188. The minimum atomic E-state index is 0.188. The van der Waals surface area contributed by atoms with Gasteiger partial charge in [-0.15, -0.1) is 0 Å². The second-order valence-corrected chi connectivity index (χ2v) is 5.91. The highest BCUT2D eigenvalue weighted by Gasteiger charge is 2.20. The van der Waals surface area contributed by atoms with Crippen LogP contribution in [0.5, 0.6) is 0 Å². The van der Waals surface area contributed by atoms with Crippen LogP contribution in [0.1, 0.15) is 32.8 Å². The molecule has 0 N–H and O–H groups in total. The molecule has 0 spiro atoms. The molecule has 1 heterocycles. The van der Waals surface area contributed by atoms with Gasteiger partial charge in [0.05, 0.1) is 23.9 Å². The van der Waals surface area contributed by atoms with Gasteiger partial charge < -0.3 is 9.64 Å². The van der Waals surface area contributed by atoms with Crippen LogP contribution in [0.3, 0.4) is 0 Å². The van der Waals surface area contributed by atoms with Gasteiger partial charge in [0.1, 0.15) is 0 Å². The fourth-order valence-electron chi connectivity index (χ4n) is 2.19. The zero-order chi connectivity index (χ0) is 13.2. The molecule has 2 rings (SSSR count).